The summed E-state index contributed by atoms with van der Waals surface area (Å²) in [4.78, 5) is 0. The minimum atomic E-state index is 0.265. The molecule has 4 aromatic rings. The molecule has 1 heterocycles. The first-order valence-electron chi connectivity index (χ1n) is 8.37. The molecule has 0 aliphatic carbocycles. The first kappa shape index (κ1) is 15.1. The maximum absolute atomic E-state index is 5.61. The van der Waals surface area contributed by atoms with E-state index in [4.69, 9.17) is 18.9 Å². The average molecular weight is 348 g/mol. The number of rotatable bonds is 2. The molecule has 0 saturated heterocycles. The molecule has 0 aromatic heterocycles. The molecule has 0 fully saturated rings. The molecule has 0 amide bonds. The molecular formula is C21H18NO4+. The summed E-state index contributed by atoms with van der Waals surface area (Å²) < 4.78 is 22.1. The highest BCUT2D eigenvalue weighted by Gasteiger charge is 2.19. The number of hydrogen-bond acceptors (Lipinski definition) is 4. The molecule has 0 spiro atoms. The summed E-state index contributed by atoms with van der Waals surface area (Å²) in [6.45, 7) is 0.265. The Hall–Kier alpha value is -3.18. The molecule has 3 N–H and O–H groups in total. The molecule has 0 unspecified atom stereocenters. The van der Waals surface area contributed by atoms with Gasteiger partial charge in [-0.2, -0.15) is 0 Å². The lowest BCUT2D eigenvalue weighted by atomic mass is 9.95. The van der Waals surface area contributed by atoms with Gasteiger partial charge in [0.15, 0.2) is 23.0 Å². The molecular weight excluding hydrogens is 330 g/mol. The Labute approximate surface area is 149 Å². The van der Waals surface area contributed by atoms with Crippen molar-refractivity contribution in [2.75, 3.05) is 21.0 Å². The van der Waals surface area contributed by atoms with Gasteiger partial charge in [0.1, 0.15) is 5.69 Å². The minimum absolute atomic E-state index is 0.265. The first-order valence-corrected chi connectivity index (χ1v) is 8.37. The number of ether oxygens (including phenoxy) is 4. The van der Waals surface area contributed by atoms with Gasteiger partial charge < -0.3 is 24.7 Å². The Bertz CT molecular complexity index is 1200. The van der Waals surface area contributed by atoms with E-state index in [1.807, 2.05) is 18.2 Å². The highest BCUT2D eigenvalue weighted by molar-refractivity contribution is 6.22. The van der Waals surface area contributed by atoms with E-state index < -0.39 is 0 Å². The highest BCUT2D eigenvalue weighted by Crippen LogP contribution is 2.44. The third-order valence-corrected chi connectivity index (χ3v) is 5.03. The number of hydrogen-bond donors (Lipinski definition) is 1. The van der Waals surface area contributed by atoms with Gasteiger partial charge >= 0.3 is 0 Å². The minimum Gasteiger partial charge on any atom is -0.493 e. The second-order valence-electron chi connectivity index (χ2n) is 6.35. The van der Waals surface area contributed by atoms with Crippen molar-refractivity contribution in [2.24, 2.45) is 0 Å². The van der Waals surface area contributed by atoms with Crippen molar-refractivity contribution in [1.82, 2.24) is 0 Å². The molecule has 130 valence electrons. The predicted octanol–water partition coefficient (Wildman–Crippen LogP) is 3.77. The van der Waals surface area contributed by atoms with Crippen molar-refractivity contribution in [2.45, 2.75) is 0 Å². The van der Waals surface area contributed by atoms with Crippen molar-refractivity contribution in [3.05, 3.63) is 42.5 Å². The van der Waals surface area contributed by atoms with Crippen LogP contribution in [0.25, 0.3) is 32.3 Å². The molecule has 5 heteroatoms. The fourth-order valence-corrected chi connectivity index (χ4v) is 3.86. The summed E-state index contributed by atoms with van der Waals surface area (Å²) >= 11 is 0. The smallest absolute Gasteiger partial charge is 0.231 e. The molecule has 0 atom stereocenters. The van der Waals surface area contributed by atoms with E-state index in [1.54, 1.807) is 14.2 Å². The van der Waals surface area contributed by atoms with Crippen LogP contribution in [0.4, 0.5) is 5.69 Å². The molecule has 0 radical (unpaired) electrons. The predicted molar refractivity (Wildman–Crippen MR) is 101 cm³/mol. The van der Waals surface area contributed by atoms with Gasteiger partial charge in [-0.15, -0.1) is 0 Å². The fourth-order valence-electron chi connectivity index (χ4n) is 3.86. The Balaban J connectivity index is 1.94. The second kappa shape index (κ2) is 5.41. The second-order valence-corrected chi connectivity index (χ2v) is 6.35. The highest BCUT2D eigenvalue weighted by atomic mass is 16.7. The molecule has 0 saturated carbocycles. The quantitative estimate of drug-likeness (QED) is 0.560. The van der Waals surface area contributed by atoms with Gasteiger partial charge in [-0.1, -0.05) is 12.1 Å². The van der Waals surface area contributed by atoms with Crippen LogP contribution in [0.15, 0.2) is 42.5 Å². The molecule has 1 aliphatic heterocycles. The Morgan fingerprint density at radius 2 is 1.58 bits per heavy atom. The van der Waals surface area contributed by atoms with Gasteiger partial charge in [-0.25, -0.2) is 0 Å². The molecule has 5 nitrogen and oxygen atoms in total. The number of quaternary nitrogens is 1. The van der Waals surface area contributed by atoms with Crippen LogP contribution in [0, 0.1) is 0 Å². The summed E-state index contributed by atoms with van der Waals surface area (Å²) in [5, 5.41) is 6.54. The van der Waals surface area contributed by atoms with Crippen molar-refractivity contribution in [1.29, 1.82) is 0 Å². The van der Waals surface area contributed by atoms with Crippen molar-refractivity contribution in [3.8, 4) is 23.0 Å². The standard InChI is InChI=1S/C21H17NO4/c1-23-17-6-5-12-13-4-3-11-7-18-19(26-10-25-18)9-14(11)20(13)16(22)8-15(12)21(17)24-2/h3-9H,10,22H2,1-2H3/p+1. The topological polar surface area (TPSA) is 64.6 Å². The van der Waals surface area contributed by atoms with Crippen LogP contribution in [0.5, 0.6) is 23.0 Å². The zero-order valence-electron chi connectivity index (χ0n) is 14.6. The summed E-state index contributed by atoms with van der Waals surface area (Å²) in [5.74, 6) is 3.00. The normalized spacial score (nSPS) is 12.9. The van der Waals surface area contributed by atoms with Crippen molar-refractivity contribution >= 4 is 38.0 Å². The maximum atomic E-state index is 5.61. The fraction of sp³-hybridized carbons (Fsp3) is 0.143. The van der Waals surface area contributed by atoms with Crippen LogP contribution in [0.3, 0.4) is 0 Å². The molecule has 1 aliphatic rings. The summed E-state index contributed by atoms with van der Waals surface area (Å²) in [6.07, 6.45) is 0. The maximum Gasteiger partial charge on any atom is 0.231 e. The van der Waals surface area contributed by atoms with E-state index in [1.165, 1.54) is 0 Å². The van der Waals surface area contributed by atoms with Gasteiger partial charge in [0.05, 0.1) is 19.6 Å². The zero-order valence-corrected chi connectivity index (χ0v) is 14.6. The lowest BCUT2D eigenvalue weighted by Gasteiger charge is -2.14. The summed E-state index contributed by atoms with van der Waals surface area (Å²) in [7, 11) is 3.30. The number of fused-ring (bicyclic) bond motifs is 6. The number of benzene rings is 4. The Kier molecular flexibility index (Phi) is 3.14. The van der Waals surface area contributed by atoms with E-state index in [9.17, 15) is 0 Å². The lowest BCUT2D eigenvalue weighted by molar-refractivity contribution is -0.252. The Morgan fingerprint density at radius 1 is 0.808 bits per heavy atom. The molecule has 4 aromatic carbocycles. The van der Waals surface area contributed by atoms with Crippen LogP contribution < -0.4 is 24.7 Å². The molecule has 5 rings (SSSR count). The Morgan fingerprint density at radius 3 is 2.35 bits per heavy atom. The summed E-state index contributed by atoms with van der Waals surface area (Å²) in [5.41, 5.74) is 5.24. The van der Waals surface area contributed by atoms with Crippen LogP contribution in [0.2, 0.25) is 0 Å². The largest absolute Gasteiger partial charge is 0.493 e. The number of methoxy groups -OCH3 is 2. The first-order chi connectivity index (χ1) is 12.7. The van der Waals surface area contributed by atoms with E-state index >= 15 is 0 Å². The van der Waals surface area contributed by atoms with Gasteiger partial charge in [-0.05, 0) is 45.8 Å². The van der Waals surface area contributed by atoms with Crippen molar-refractivity contribution in [3.63, 3.8) is 0 Å². The summed E-state index contributed by atoms with van der Waals surface area (Å²) in [6, 6.07) is 14.4. The lowest BCUT2D eigenvalue weighted by Crippen LogP contribution is -2.40. The third-order valence-electron chi connectivity index (χ3n) is 5.03. The van der Waals surface area contributed by atoms with Crippen LogP contribution in [-0.4, -0.2) is 21.0 Å². The van der Waals surface area contributed by atoms with E-state index in [0.29, 0.717) is 5.75 Å². The van der Waals surface area contributed by atoms with E-state index in [-0.39, 0.29) is 6.79 Å². The van der Waals surface area contributed by atoms with Crippen molar-refractivity contribution < 1.29 is 24.7 Å². The van der Waals surface area contributed by atoms with E-state index in [0.717, 1.165) is 55.3 Å². The van der Waals surface area contributed by atoms with Gasteiger partial charge in [0.25, 0.3) is 0 Å². The average Bonchev–Trinajstić information content (AvgIpc) is 3.12. The zero-order chi connectivity index (χ0) is 17.8. The van der Waals surface area contributed by atoms with Gasteiger partial charge in [0, 0.05) is 11.5 Å². The van der Waals surface area contributed by atoms with Crippen LogP contribution >= 0.6 is 0 Å². The molecule has 26 heavy (non-hydrogen) atoms. The van der Waals surface area contributed by atoms with Crippen LogP contribution in [-0.2, 0) is 0 Å². The van der Waals surface area contributed by atoms with Crippen LogP contribution in [0.1, 0.15) is 0 Å². The van der Waals surface area contributed by atoms with Gasteiger partial charge in [-0.3, -0.25) is 0 Å². The van der Waals surface area contributed by atoms with E-state index in [2.05, 4.69) is 30.0 Å². The SMILES string of the molecule is COc1ccc2c(cc([NH3+])c3c4cc5c(cc4ccc23)OCO5)c1OC. The monoisotopic (exact) mass is 348 g/mol. The van der Waals surface area contributed by atoms with Gasteiger partial charge in [0.2, 0.25) is 6.79 Å². The third kappa shape index (κ3) is 1.95. The molecule has 0 bridgehead atoms.